The predicted octanol–water partition coefficient (Wildman–Crippen LogP) is 2.66. The normalized spacial score (nSPS) is 11.4. The highest BCUT2D eigenvalue weighted by molar-refractivity contribution is 5.76. The van der Waals surface area contributed by atoms with Crippen LogP contribution in [-0.2, 0) is 16.0 Å². The number of aryl methyl sites for hydroxylation is 1. The maximum absolute atomic E-state index is 13.6. The van der Waals surface area contributed by atoms with Crippen molar-refractivity contribution in [2.75, 3.05) is 6.61 Å². The van der Waals surface area contributed by atoms with Gasteiger partial charge in [0, 0.05) is 11.3 Å². The van der Waals surface area contributed by atoms with Gasteiger partial charge in [-0.05, 0) is 40.2 Å². The average Bonchev–Trinajstić information content (AvgIpc) is 2.22. The standard InChI is InChI=1S/C13H18FNO2/c1-5-17-12(16)13(3,4)8-10-7-6-9(2)15-11(10)14/h6-7H,5,8H2,1-4H3. The van der Waals surface area contributed by atoms with Crippen LogP contribution >= 0.6 is 0 Å². The smallest absolute Gasteiger partial charge is 0.311 e. The fourth-order valence-corrected chi connectivity index (χ4v) is 1.56. The van der Waals surface area contributed by atoms with Gasteiger partial charge in [-0.2, -0.15) is 4.39 Å². The number of esters is 1. The van der Waals surface area contributed by atoms with Gasteiger partial charge in [0.05, 0.1) is 12.0 Å². The molecule has 4 heteroatoms. The highest BCUT2D eigenvalue weighted by atomic mass is 19.1. The summed E-state index contributed by atoms with van der Waals surface area (Å²) in [5, 5.41) is 0. The fraction of sp³-hybridized carbons (Fsp3) is 0.538. The van der Waals surface area contributed by atoms with Crippen LogP contribution in [-0.4, -0.2) is 17.6 Å². The SMILES string of the molecule is CCOC(=O)C(C)(C)Cc1ccc(C)nc1F. The lowest BCUT2D eigenvalue weighted by atomic mass is 9.86. The van der Waals surface area contributed by atoms with E-state index in [-0.39, 0.29) is 12.4 Å². The van der Waals surface area contributed by atoms with Crippen LogP contribution in [0.3, 0.4) is 0 Å². The summed E-state index contributed by atoms with van der Waals surface area (Å²) in [4.78, 5) is 15.4. The molecule has 0 aliphatic rings. The van der Waals surface area contributed by atoms with E-state index in [1.54, 1.807) is 39.8 Å². The van der Waals surface area contributed by atoms with E-state index in [1.165, 1.54) is 0 Å². The van der Waals surface area contributed by atoms with E-state index in [1.807, 2.05) is 0 Å². The Hall–Kier alpha value is -1.45. The summed E-state index contributed by atoms with van der Waals surface area (Å²) in [5.41, 5.74) is 0.321. The Labute approximate surface area is 101 Å². The quantitative estimate of drug-likeness (QED) is 0.599. The molecule has 1 heterocycles. The molecule has 1 aromatic rings. The van der Waals surface area contributed by atoms with Gasteiger partial charge >= 0.3 is 5.97 Å². The van der Waals surface area contributed by atoms with E-state index >= 15 is 0 Å². The van der Waals surface area contributed by atoms with Crippen molar-refractivity contribution in [3.05, 3.63) is 29.3 Å². The highest BCUT2D eigenvalue weighted by Gasteiger charge is 2.30. The highest BCUT2D eigenvalue weighted by Crippen LogP contribution is 2.24. The molecular weight excluding hydrogens is 221 g/mol. The van der Waals surface area contributed by atoms with Crippen molar-refractivity contribution in [1.29, 1.82) is 0 Å². The lowest BCUT2D eigenvalue weighted by Gasteiger charge is -2.22. The molecular formula is C13H18FNO2. The minimum absolute atomic E-state index is 0.283. The molecule has 0 bridgehead atoms. The van der Waals surface area contributed by atoms with E-state index < -0.39 is 11.4 Å². The Morgan fingerprint density at radius 1 is 1.47 bits per heavy atom. The molecule has 94 valence electrons. The van der Waals surface area contributed by atoms with Crippen LogP contribution in [0.15, 0.2) is 12.1 Å². The van der Waals surface area contributed by atoms with Gasteiger partial charge in [-0.25, -0.2) is 4.98 Å². The van der Waals surface area contributed by atoms with Crippen molar-refractivity contribution in [3.63, 3.8) is 0 Å². The second kappa shape index (κ2) is 5.25. The van der Waals surface area contributed by atoms with Gasteiger partial charge in [-0.15, -0.1) is 0 Å². The number of carbonyl (C=O) groups is 1. The zero-order valence-corrected chi connectivity index (χ0v) is 10.7. The molecule has 0 radical (unpaired) electrons. The van der Waals surface area contributed by atoms with Gasteiger partial charge in [0.25, 0.3) is 0 Å². The summed E-state index contributed by atoms with van der Waals surface area (Å²) in [6.07, 6.45) is 0.283. The van der Waals surface area contributed by atoms with Crippen molar-refractivity contribution in [1.82, 2.24) is 4.98 Å². The average molecular weight is 239 g/mol. The number of nitrogens with zero attached hydrogens (tertiary/aromatic N) is 1. The van der Waals surface area contributed by atoms with Crippen LogP contribution in [0.1, 0.15) is 32.0 Å². The zero-order chi connectivity index (χ0) is 13.1. The second-order valence-corrected chi connectivity index (χ2v) is 4.68. The van der Waals surface area contributed by atoms with Gasteiger partial charge in [0.2, 0.25) is 5.95 Å². The van der Waals surface area contributed by atoms with Crippen LogP contribution in [0.5, 0.6) is 0 Å². The van der Waals surface area contributed by atoms with Gasteiger partial charge in [-0.1, -0.05) is 6.07 Å². The lowest BCUT2D eigenvalue weighted by Crippen LogP contribution is -2.29. The molecule has 1 rings (SSSR count). The summed E-state index contributed by atoms with van der Waals surface area (Å²) in [6.45, 7) is 7.29. The van der Waals surface area contributed by atoms with E-state index in [4.69, 9.17) is 4.74 Å². The first-order valence-electron chi connectivity index (χ1n) is 5.66. The molecule has 0 fully saturated rings. The summed E-state index contributed by atoms with van der Waals surface area (Å²) in [6, 6.07) is 3.40. The molecule has 0 unspecified atom stereocenters. The topological polar surface area (TPSA) is 39.2 Å². The first-order chi connectivity index (χ1) is 7.86. The summed E-state index contributed by atoms with van der Waals surface area (Å²) in [7, 11) is 0. The molecule has 0 atom stereocenters. The predicted molar refractivity (Wildman–Crippen MR) is 63.1 cm³/mol. The number of pyridine rings is 1. The third-order valence-electron chi connectivity index (χ3n) is 2.53. The molecule has 0 aliphatic carbocycles. The number of hydrogen-bond donors (Lipinski definition) is 0. The second-order valence-electron chi connectivity index (χ2n) is 4.68. The largest absolute Gasteiger partial charge is 0.466 e. The summed E-state index contributed by atoms with van der Waals surface area (Å²) < 4.78 is 18.5. The maximum Gasteiger partial charge on any atom is 0.311 e. The lowest BCUT2D eigenvalue weighted by molar-refractivity contribution is -0.153. The number of aromatic nitrogens is 1. The van der Waals surface area contributed by atoms with Gasteiger partial charge in [0.1, 0.15) is 0 Å². The Morgan fingerprint density at radius 2 is 2.12 bits per heavy atom. The number of hydrogen-bond acceptors (Lipinski definition) is 3. The van der Waals surface area contributed by atoms with Gasteiger partial charge in [-0.3, -0.25) is 4.79 Å². The number of halogens is 1. The molecule has 17 heavy (non-hydrogen) atoms. The molecule has 1 aromatic heterocycles. The Morgan fingerprint density at radius 3 is 2.65 bits per heavy atom. The molecule has 0 spiro atoms. The van der Waals surface area contributed by atoms with Crippen molar-refractivity contribution in [3.8, 4) is 0 Å². The zero-order valence-electron chi connectivity index (χ0n) is 10.7. The minimum atomic E-state index is -0.742. The molecule has 0 saturated heterocycles. The first-order valence-corrected chi connectivity index (χ1v) is 5.66. The molecule has 0 amide bonds. The monoisotopic (exact) mass is 239 g/mol. The Kier molecular flexibility index (Phi) is 4.21. The molecule has 0 saturated carbocycles. The van der Waals surface area contributed by atoms with E-state index in [0.29, 0.717) is 17.9 Å². The third kappa shape index (κ3) is 3.51. The van der Waals surface area contributed by atoms with Crippen LogP contribution in [0.2, 0.25) is 0 Å². The number of carbonyl (C=O) groups excluding carboxylic acids is 1. The maximum atomic E-state index is 13.6. The fourth-order valence-electron chi connectivity index (χ4n) is 1.56. The first kappa shape index (κ1) is 13.6. The number of ether oxygens (including phenoxy) is 1. The summed E-state index contributed by atoms with van der Waals surface area (Å²) in [5.74, 6) is -0.831. The third-order valence-corrected chi connectivity index (χ3v) is 2.53. The van der Waals surface area contributed by atoms with Gasteiger partial charge in [0.15, 0.2) is 0 Å². The van der Waals surface area contributed by atoms with Crippen molar-refractivity contribution >= 4 is 5.97 Å². The van der Waals surface area contributed by atoms with Crippen LogP contribution in [0.4, 0.5) is 4.39 Å². The Balaban J connectivity index is 2.86. The van der Waals surface area contributed by atoms with Crippen molar-refractivity contribution in [2.45, 2.75) is 34.1 Å². The van der Waals surface area contributed by atoms with Crippen molar-refractivity contribution < 1.29 is 13.9 Å². The van der Waals surface area contributed by atoms with Gasteiger partial charge < -0.3 is 4.74 Å². The molecule has 0 N–H and O–H groups in total. The van der Waals surface area contributed by atoms with Crippen LogP contribution in [0, 0.1) is 18.3 Å². The molecule has 0 aliphatic heterocycles. The van der Waals surface area contributed by atoms with E-state index in [9.17, 15) is 9.18 Å². The minimum Gasteiger partial charge on any atom is -0.466 e. The Bertz CT molecular complexity index is 416. The van der Waals surface area contributed by atoms with Crippen LogP contribution < -0.4 is 0 Å². The van der Waals surface area contributed by atoms with E-state index in [0.717, 1.165) is 0 Å². The van der Waals surface area contributed by atoms with E-state index in [2.05, 4.69) is 4.98 Å². The molecule has 3 nitrogen and oxygen atoms in total. The number of rotatable bonds is 4. The molecule has 0 aromatic carbocycles. The van der Waals surface area contributed by atoms with Crippen molar-refractivity contribution in [2.24, 2.45) is 5.41 Å². The van der Waals surface area contributed by atoms with Crippen LogP contribution in [0.25, 0.3) is 0 Å². The summed E-state index contributed by atoms with van der Waals surface area (Å²) >= 11 is 0.